The van der Waals surface area contributed by atoms with Crippen molar-refractivity contribution in [2.24, 2.45) is 0 Å². The third kappa shape index (κ3) is 4.02. The van der Waals surface area contributed by atoms with Crippen molar-refractivity contribution in [3.63, 3.8) is 0 Å². The maximum Gasteiger partial charge on any atom is 0.258 e. The Bertz CT molecular complexity index is 871. The molecule has 2 aromatic carbocycles. The van der Waals surface area contributed by atoms with E-state index in [4.69, 9.17) is 0 Å². The summed E-state index contributed by atoms with van der Waals surface area (Å²) in [4.78, 5) is 27.7. The van der Waals surface area contributed by atoms with Crippen LogP contribution in [-0.4, -0.2) is 47.5 Å². The maximum absolute atomic E-state index is 14.0. The highest BCUT2D eigenvalue weighted by atomic mass is 19.1. The summed E-state index contributed by atoms with van der Waals surface area (Å²) in [5.41, 5.74) is 1.10. The molecule has 1 heterocycles. The Morgan fingerprint density at radius 2 is 1.93 bits per heavy atom. The molecular weight excluding hydrogens is 349 g/mol. The topological polar surface area (TPSA) is 72.9 Å². The number of hydrogen-bond donors (Lipinski definition) is 2. The zero-order valence-electron chi connectivity index (χ0n) is 15.3. The van der Waals surface area contributed by atoms with Gasteiger partial charge in [-0.05, 0) is 37.3 Å². The molecule has 2 aromatic rings. The first kappa shape index (κ1) is 18.7. The third-order valence-electron chi connectivity index (χ3n) is 4.63. The van der Waals surface area contributed by atoms with E-state index < -0.39 is 0 Å². The largest absolute Gasteiger partial charge is 0.507 e. The van der Waals surface area contributed by atoms with Crippen LogP contribution >= 0.6 is 0 Å². The van der Waals surface area contributed by atoms with E-state index in [-0.39, 0.29) is 35.0 Å². The van der Waals surface area contributed by atoms with Gasteiger partial charge < -0.3 is 20.2 Å². The SMILES string of the molecule is CC(=O)Nc1ccc(O)c(C(=O)N2CCN(c3ccccc3F)CC2C)c1. The number of phenols is 1. The zero-order chi connectivity index (χ0) is 19.6. The van der Waals surface area contributed by atoms with Crippen molar-refractivity contribution < 1.29 is 19.1 Å². The van der Waals surface area contributed by atoms with E-state index in [0.29, 0.717) is 31.0 Å². The molecule has 27 heavy (non-hydrogen) atoms. The lowest BCUT2D eigenvalue weighted by Gasteiger charge is -2.41. The van der Waals surface area contributed by atoms with Gasteiger partial charge in [-0.15, -0.1) is 0 Å². The lowest BCUT2D eigenvalue weighted by atomic mass is 10.1. The van der Waals surface area contributed by atoms with Gasteiger partial charge in [0.15, 0.2) is 0 Å². The Morgan fingerprint density at radius 3 is 2.59 bits per heavy atom. The van der Waals surface area contributed by atoms with Gasteiger partial charge in [-0.2, -0.15) is 0 Å². The van der Waals surface area contributed by atoms with Gasteiger partial charge in [-0.25, -0.2) is 4.39 Å². The lowest BCUT2D eigenvalue weighted by Crippen LogP contribution is -2.54. The van der Waals surface area contributed by atoms with Crippen molar-refractivity contribution in [1.82, 2.24) is 4.90 Å². The second kappa shape index (κ2) is 7.65. The van der Waals surface area contributed by atoms with E-state index in [0.717, 1.165) is 0 Å². The van der Waals surface area contributed by atoms with Crippen LogP contribution in [0.4, 0.5) is 15.8 Å². The number of rotatable bonds is 3. The van der Waals surface area contributed by atoms with Crippen LogP contribution in [0.15, 0.2) is 42.5 Å². The minimum Gasteiger partial charge on any atom is -0.507 e. The number of carbonyl (C=O) groups is 2. The number of carbonyl (C=O) groups excluding carboxylic acids is 2. The van der Waals surface area contributed by atoms with Crippen LogP contribution in [0.3, 0.4) is 0 Å². The van der Waals surface area contributed by atoms with Crippen LogP contribution in [0.2, 0.25) is 0 Å². The minimum atomic E-state index is -0.319. The summed E-state index contributed by atoms with van der Waals surface area (Å²) in [5.74, 6) is -1.01. The van der Waals surface area contributed by atoms with Crippen molar-refractivity contribution in [1.29, 1.82) is 0 Å². The average Bonchev–Trinajstić information content (AvgIpc) is 2.62. The number of benzene rings is 2. The van der Waals surface area contributed by atoms with E-state index in [9.17, 15) is 19.1 Å². The molecule has 0 bridgehead atoms. The predicted molar refractivity (Wildman–Crippen MR) is 102 cm³/mol. The number of nitrogens with one attached hydrogen (secondary N) is 1. The molecule has 1 aliphatic rings. The smallest absolute Gasteiger partial charge is 0.258 e. The number of anilines is 2. The number of phenolic OH excluding ortho intramolecular Hbond substituents is 1. The summed E-state index contributed by atoms with van der Waals surface area (Å²) in [7, 11) is 0. The van der Waals surface area contributed by atoms with Crippen molar-refractivity contribution in [3.05, 3.63) is 53.8 Å². The highest BCUT2D eigenvalue weighted by Crippen LogP contribution is 2.27. The third-order valence-corrected chi connectivity index (χ3v) is 4.63. The first-order valence-corrected chi connectivity index (χ1v) is 8.78. The van der Waals surface area contributed by atoms with Crippen molar-refractivity contribution >= 4 is 23.2 Å². The summed E-state index contributed by atoms with van der Waals surface area (Å²) >= 11 is 0. The summed E-state index contributed by atoms with van der Waals surface area (Å²) < 4.78 is 14.0. The second-order valence-corrected chi connectivity index (χ2v) is 6.66. The monoisotopic (exact) mass is 371 g/mol. The molecule has 142 valence electrons. The Balaban J connectivity index is 1.77. The normalized spacial score (nSPS) is 16.9. The molecule has 1 aliphatic heterocycles. The standard InChI is InChI=1S/C20H22FN3O3/c1-13-12-23(18-6-4-3-5-17(18)21)9-10-24(13)20(27)16-11-15(22-14(2)25)7-8-19(16)26/h3-8,11,13,26H,9-10,12H2,1-2H3,(H,22,25). The number of piperazine rings is 1. The Morgan fingerprint density at radius 1 is 1.19 bits per heavy atom. The second-order valence-electron chi connectivity index (χ2n) is 6.66. The van der Waals surface area contributed by atoms with Crippen molar-refractivity contribution in [2.75, 3.05) is 29.9 Å². The quantitative estimate of drug-likeness (QED) is 0.814. The summed E-state index contributed by atoms with van der Waals surface area (Å²) in [5, 5.41) is 12.7. The van der Waals surface area contributed by atoms with Crippen LogP contribution in [0.5, 0.6) is 5.75 Å². The number of aromatic hydroxyl groups is 1. The fourth-order valence-corrected chi connectivity index (χ4v) is 3.33. The first-order chi connectivity index (χ1) is 12.9. The van der Waals surface area contributed by atoms with Gasteiger partial charge in [0.05, 0.1) is 11.3 Å². The molecule has 2 N–H and O–H groups in total. The van der Waals surface area contributed by atoms with Gasteiger partial charge in [0, 0.05) is 38.3 Å². The molecule has 0 spiro atoms. The lowest BCUT2D eigenvalue weighted by molar-refractivity contribution is -0.114. The fraction of sp³-hybridized carbons (Fsp3) is 0.300. The number of nitrogens with zero attached hydrogens (tertiary/aromatic N) is 2. The van der Waals surface area contributed by atoms with Gasteiger partial charge >= 0.3 is 0 Å². The summed E-state index contributed by atoms with van der Waals surface area (Å²) in [6, 6.07) is 10.8. The first-order valence-electron chi connectivity index (χ1n) is 8.78. The number of amides is 2. The van der Waals surface area contributed by atoms with E-state index in [1.807, 2.05) is 11.8 Å². The molecule has 0 aromatic heterocycles. The molecule has 3 rings (SSSR count). The van der Waals surface area contributed by atoms with Gasteiger partial charge in [-0.1, -0.05) is 12.1 Å². The van der Waals surface area contributed by atoms with Gasteiger partial charge in [0.2, 0.25) is 5.91 Å². The Kier molecular flexibility index (Phi) is 5.30. The van der Waals surface area contributed by atoms with Crippen LogP contribution in [0.1, 0.15) is 24.2 Å². The van der Waals surface area contributed by atoms with Gasteiger partial charge in [0.25, 0.3) is 5.91 Å². The molecule has 1 saturated heterocycles. The molecule has 0 aliphatic carbocycles. The predicted octanol–water partition coefficient (Wildman–Crippen LogP) is 2.84. The molecule has 0 saturated carbocycles. The molecule has 7 heteroatoms. The van der Waals surface area contributed by atoms with E-state index in [1.165, 1.54) is 31.2 Å². The minimum absolute atomic E-state index is 0.132. The van der Waals surface area contributed by atoms with Crippen LogP contribution in [0, 0.1) is 5.82 Å². The molecule has 0 radical (unpaired) electrons. The number of halogens is 1. The number of para-hydroxylation sites is 1. The summed E-state index contributed by atoms with van der Waals surface area (Å²) in [6.45, 7) is 4.64. The molecular formula is C20H22FN3O3. The fourth-order valence-electron chi connectivity index (χ4n) is 3.33. The highest BCUT2D eigenvalue weighted by molar-refractivity contribution is 5.99. The molecule has 6 nitrogen and oxygen atoms in total. The van der Waals surface area contributed by atoms with Gasteiger partial charge in [0.1, 0.15) is 11.6 Å². The molecule has 1 atom stereocenters. The molecule has 1 fully saturated rings. The van der Waals surface area contributed by atoms with E-state index >= 15 is 0 Å². The molecule has 1 unspecified atom stereocenters. The van der Waals surface area contributed by atoms with Crippen molar-refractivity contribution in [3.8, 4) is 5.75 Å². The Hall–Kier alpha value is -3.09. The van der Waals surface area contributed by atoms with Crippen LogP contribution in [-0.2, 0) is 4.79 Å². The Labute approximate surface area is 157 Å². The van der Waals surface area contributed by atoms with Crippen LogP contribution in [0.25, 0.3) is 0 Å². The van der Waals surface area contributed by atoms with Crippen molar-refractivity contribution in [2.45, 2.75) is 19.9 Å². The maximum atomic E-state index is 14.0. The van der Waals surface area contributed by atoms with E-state index in [2.05, 4.69) is 5.32 Å². The zero-order valence-corrected chi connectivity index (χ0v) is 15.3. The average molecular weight is 371 g/mol. The number of hydrogen-bond acceptors (Lipinski definition) is 4. The van der Waals surface area contributed by atoms with Gasteiger partial charge in [-0.3, -0.25) is 9.59 Å². The van der Waals surface area contributed by atoms with E-state index in [1.54, 1.807) is 23.1 Å². The van der Waals surface area contributed by atoms with Crippen LogP contribution < -0.4 is 10.2 Å². The summed E-state index contributed by atoms with van der Waals surface area (Å²) in [6.07, 6.45) is 0. The molecule has 2 amide bonds. The highest BCUT2D eigenvalue weighted by Gasteiger charge is 2.30.